The number of ether oxygens (including phenoxy) is 1. The van der Waals surface area contributed by atoms with Gasteiger partial charge in [0.05, 0.1) is 6.61 Å². The van der Waals surface area contributed by atoms with Crippen LogP contribution in [0.25, 0.3) is 0 Å². The lowest BCUT2D eigenvalue weighted by Crippen LogP contribution is -2.33. The van der Waals surface area contributed by atoms with Gasteiger partial charge in [0.2, 0.25) is 5.95 Å². The molecule has 2 unspecified atom stereocenters. The van der Waals surface area contributed by atoms with Crippen LogP contribution in [0.5, 0.6) is 5.75 Å². The maximum Gasteiger partial charge on any atom is 0.226 e. The molecule has 24 heavy (non-hydrogen) atoms. The molecule has 2 aromatic rings. The Bertz CT molecular complexity index is 807. The third-order valence-corrected chi connectivity index (χ3v) is 4.57. The molecule has 2 atom stereocenters. The Hall–Kier alpha value is -2.63. The maximum absolute atomic E-state index is 12.7. The standard InChI is InChI=1S/C18H20N4O2/c1-3-24-13-6-4-12(5-7-13)17-16-14(8-11(2)9-15(16)23)21-18-19-10-20-22(17)18/h4-7,10-11,17H,3,8-9H2,1-2H3,(H,19,20,21). The lowest BCUT2D eigenvalue weighted by molar-refractivity contribution is -0.117. The minimum absolute atomic E-state index is 0.191. The van der Waals surface area contributed by atoms with Gasteiger partial charge in [-0.15, -0.1) is 0 Å². The number of nitrogens with zero attached hydrogens (tertiary/aromatic N) is 3. The summed E-state index contributed by atoms with van der Waals surface area (Å²) < 4.78 is 7.31. The zero-order valence-electron chi connectivity index (χ0n) is 13.8. The van der Waals surface area contributed by atoms with Gasteiger partial charge in [-0.3, -0.25) is 4.79 Å². The highest BCUT2D eigenvalue weighted by atomic mass is 16.5. The number of hydrogen-bond acceptors (Lipinski definition) is 5. The van der Waals surface area contributed by atoms with Crippen LogP contribution >= 0.6 is 0 Å². The Morgan fingerprint density at radius 3 is 2.83 bits per heavy atom. The summed E-state index contributed by atoms with van der Waals surface area (Å²) in [5, 5.41) is 7.64. The smallest absolute Gasteiger partial charge is 0.226 e. The second-order valence-electron chi connectivity index (χ2n) is 6.39. The number of carbonyl (C=O) groups excluding carboxylic acids is 1. The second-order valence-corrected chi connectivity index (χ2v) is 6.39. The highest BCUT2D eigenvalue weighted by Gasteiger charge is 2.37. The molecule has 1 aliphatic heterocycles. The third-order valence-electron chi connectivity index (χ3n) is 4.57. The van der Waals surface area contributed by atoms with Gasteiger partial charge >= 0.3 is 0 Å². The Kier molecular flexibility index (Phi) is 3.59. The Balaban J connectivity index is 1.80. The van der Waals surface area contributed by atoms with Crippen molar-refractivity contribution in [2.24, 2.45) is 5.92 Å². The number of carbonyl (C=O) groups is 1. The van der Waals surface area contributed by atoms with E-state index in [0.717, 1.165) is 29.0 Å². The first-order valence-corrected chi connectivity index (χ1v) is 8.33. The summed E-state index contributed by atoms with van der Waals surface area (Å²) in [6.07, 6.45) is 2.97. The zero-order chi connectivity index (χ0) is 16.7. The molecule has 0 spiro atoms. The van der Waals surface area contributed by atoms with Crippen LogP contribution in [0.3, 0.4) is 0 Å². The van der Waals surface area contributed by atoms with Crippen LogP contribution in [-0.2, 0) is 4.79 Å². The van der Waals surface area contributed by atoms with Crippen LogP contribution in [0, 0.1) is 5.92 Å². The van der Waals surface area contributed by atoms with Gasteiger partial charge in [-0.05, 0) is 37.0 Å². The second kappa shape index (κ2) is 5.78. The first-order chi connectivity index (χ1) is 11.7. The molecule has 0 amide bonds. The quantitative estimate of drug-likeness (QED) is 0.940. The topological polar surface area (TPSA) is 69.0 Å². The molecule has 4 rings (SSSR count). The molecule has 1 aromatic carbocycles. The molecule has 1 aliphatic carbocycles. The van der Waals surface area contributed by atoms with Gasteiger partial charge in [0, 0.05) is 17.7 Å². The van der Waals surface area contributed by atoms with Crippen LogP contribution < -0.4 is 10.1 Å². The van der Waals surface area contributed by atoms with Gasteiger partial charge in [-0.1, -0.05) is 19.1 Å². The van der Waals surface area contributed by atoms with Crippen molar-refractivity contribution in [3.8, 4) is 5.75 Å². The van der Waals surface area contributed by atoms with Crippen LogP contribution in [0.4, 0.5) is 5.95 Å². The highest BCUT2D eigenvalue weighted by molar-refractivity contribution is 5.99. The third kappa shape index (κ3) is 2.38. The minimum Gasteiger partial charge on any atom is -0.494 e. The van der Waals surface area contributed by atoms with Crippen molar-refractivity contribution < 1.29 is 9.53 Å². The van der Waals surface area contributed by atoms with Crippen LogP contribution in [-0.4, -0.2) is 27.2 Å². The molecule has 2 aliphatic rings. The van der Waals surface area contributed by atoms with E-state index in [1.807, 2.05) is 31.2 Å². The molecular formula is C18H20N4O2. The summed E-state index contributed by atoms with van der Waals surface area (Å²) in [5.41, 5.74) is 2.82. The van der Waals surface area contributed by atoms with Gasteiger partial charge < -0.3 is 10.1 Å². The van der Waals surface area contributed by atoms with Crippen molar-refractivity contribution in [2.75, 3.05) is 11.9 Å². The minimum atomic E-state index is -0.227. The fraction of sp³-hybridized carbons (Fsp3) is 0.389. The van der Waals surface area contributed by atoms with Gasteiger partial charge in [-0.2, -0.15) is 10.1 Å². The zero-order valence-corrected chi connectivity index (χ0v) is 13.8. The molecule has 6 nitrogen and oxygen atoms in total. The molecule has 0 bridgehead atoms. The molecule has 0 saturated heterocycles. The first-order valence-electron chi connectivity index (χ1n) is 8.33. The number of allylic oxidation sites excluding steroid dienone is 2. The molecule has 1 aromatic heterocycles. The number of anilines is 1. The predicted molar refractivity (Wildman–Crippen MR) is 89.8 cm³/mol. The fourth-order valence-electron chi connectivity index (χ4n) is 3.57. The number of ketones is 1. The number of nitrogens with one attached hydrogen (secondary N) is 1. The van der Waals surface area contributed by atoms with Gasteiger partial charge in [0.25, 0.3) is 0 Å². The SMILES string of the molecule is CCOc1ccc(C2C3=C(CC(C)CC3=O)Nc3ncnn32)cc1. The number of Topliss-reactive ketones (excluding diaryl/α,β-unsaturated/α-hetero) is 1. The number of benzene rings is 1. The highest BCUT2D eigenvalue weighted by Crippen LogP contribution is 2.41. The summed E-state index contributed by atoms with van der Waals surface area (Å²) >= 11 is 0. The molecule has 2 heterocycles. The lowest BCUT2D eigenvalue weighted by Gasteiger charge is -2.34. The largest absolute Gasteiger partial charge is 0.494 e. The van der Waals surface area contributed by atoms with E-state index in [9.17, 15) is 4.79 Å². The average Bonchev–Trinajstić information content (AvgIpc) is 3.02. The molecule has 1 N–H and O–H groups in total. The molecule has 0 saturated carbocycles. The van der Waals surface area contributed by atoms with Crippen molar-refractivity contribution in [3.05, 3.63) is 47.4 Å². The monoisotopic (exact) mass is 324 g/mol. The summed E-state index contributed by atoms with van der Waals surface area (Å²) in [4.78, 5) is 17.0. The van der Waals surface area contributed by atoms with E-state index in [1.54, 1.807) is 4.68 Å². The number of aromatic nitrogens is 3. The molecule has 6 heteroatoms. The van der Waals surface area contributed by atoms with Crippen molar-refractivity contribution in [2.45, 2.75) is 32.7 Å². The van der Waals surface area contributed by atoms with Crippen molar-refractivity contribution in [1.29, 1.82) is 0 Å². The Morgan fingerprint density at radius 2 is 2.08 bits per heavy atom. The van der Waals surface area contributed by atoms with Gasteiger partial charge in [0.15, 0.2) is 5.78 Å². The van der Waals surface area contributed by atoms with Crippen molar-refractivity contribution in [3.63, 3.8) is 0 Å². The van der Waals surface area contributed by atoms with Gasteiger partial charge in [-0.25, -0.2) is 4.68 Å². The number of hydrogen-bond donors (Lipinski definition) is 1. The Labute approximate surface area is 140 Å². The summed E-state index contributed by atoms with van der Waals surface area (Å²) in [5.74, 6) is 2.05. The molecule has 0 fully saturated rings. The van der Waals surface area contributed by atoms with E-state index in [-0.39, 0.29) is 11.8 Å². The average molecular weight is 324 g/mol. The number of rotatable bonds is 3. The van der Waals surface area contributed by atoms with E-state index >= 15 is 0 Å². The maximum atomic E-state index is 12.7. The van der Waals surface area contributed by atoms with E-state index in [0.29, 0.717) is 24.9 Å². The predicted octanol–water partition coefficient (Wildman–Crippen LogP) is 2.94. The fourth-order valence-corrected chi connectivity index (χ4v) is 3.57. The van der Waals surface area contributed by atoms with Gasteiger partial charge in [0.1, 0.15) is 18.1 Å². The molecular weight excluding hydrogens is 304 g/mol. The summed E-state index contributed by atoms with van der Waals surface area (Å²) in [6.45, 7) is 4.70. The summed E-state index contributed by atoms with van der Waals surface area (Å²) in [6, 6.07) is 7.65. The van der Waals surface area contributed by atoms with E-state index in [1.165, 1.54) is 6.33 Å². The van der Waals surface area contributed by atoms with Crippen molar-refractivity contribution >= 4 is 11.7 Å². The first kappa shape index (κ1) is 14.9. The van der Waals surface area contributed by atoms with Crippen LogP contribution in [0.2, 0.25) is 0 Å². The van der Waals surface area contributed by atoms with E-state index in [2.05, 4.69) is 22.3 Å². The molecule has 124 valence electrons. The normalized spacial score (nSPS) is 22.7. The van der Waals surface area contributed by atoms with E-state index < -0.39 is 0 Å². The van der Waals surface area contributed by atoms with Crippen molar-refractivity contribution in [1.82, 2.24) is 14.8 Å². The summed E-state index contributed by atoms with van der Waals surface area (Å²) in [7, 11) is 0. The lowest BCUT2D eigenvalue weighted by atomic mass is 9.81. The van der Waals surface area contributed by atoms with E-state index in [4.69, 9.17) is 4.74 Å². The Morgan fingerprint density at radius 1 is 1.29 bits per heavy atom. The molecule has 0 radical (unpaired) electrons. The number of fused-ring (bicyclic) bond motifs is 1. The van der Waals surface area contributed by atoms with Crippen LogP contribution in [0.1, 0.15) is 38.3 Å². The van der Waals surface area contributed by atoms with Crippen LogP contribution in [0.15, 0.2) is 41.9 Å².